The fourth-order valence-electron chi connectivity index (χ4n) is 4.89. The molecule has 1 aliphatic carbocycles. The van der Waals surface area contributed by atoms with Crippen LogP contribution in [0.5, 0.6) is 5.88 Å². The van der Waals surface area contributed by atoms with E-state index < -0.39 is 12.6 Å². The molecule has 0 unspecified atom stereocenters. The van der Waals surface area contributed by atoms with Crippen LogP contribution in [0.3, 0.4) is 0 Å². The molecule has 38 heavy (non-hydrogen) atoms. The van der Waals surface area contributed by atoms with E-state index in [4.69, 9.17) is 4.99 Å². The first kappa shape index (κ1) is 25.5. The molecular weight excluding hydrogens is 479 g/mol. The maximum Gasteiger partial charge on any atom is 0.296 e. The molecular formula is C31H31FN4O2. The quantitative estimate of drug-likeness (QED) is 0.298. The van der Waals surface area contributed by atoms with Crippen molar-refractivity contribution in [1.29, 1.82) is 0 Å². The van der Waals surface area contributed by atoms with E-state index in [1.807, 2.05) is 18.2 Å². The number of hydrogen-bond acceptors (Lipinski definition) is 4. The van der Waals surface area contributed by atoms with Gasteiger partial charge in [-0.2, -0.15) is 0 Å². The molecule has 0 atom stereocenters. The molecule has 2 heterocycles. The Balaban J connectivity index is 1.48. The first-order valence-electron chi connectivity index (χ1n) is 13.1. The lowest BCUT2D eigenvalue weighted by molar-refractivity contribution is -0.115. The number of nitrogens with zero attached hydrogens (tertiary/aromatic N) is 2. The number of aromatic hydroxyl groups is 1. The molecule has 2 aromatic carbocycles. The highest BCUT2D eigenvalue weighted by atomic mass is 19.1. The van der Waals surface area contributed by atoms with Gasteiger partial charge in [-0.05, 0) is 74.2 Å². The molecule has 3 N–H and O–H groups in total. The second-order valence-electron chi connectivity index (χ2n) is 9.55. The molecule has 194 valence electrons. The van der Waals surface area contributed by atoms with Gasteiger partial charge in [0.25, 0.3) is 5.91 Å². The molecule has 1 saturated heterocycles. The number of aliphatic imine (C=N–C) groups is 1. The van der Waals surface area contributed by atoms with Crippen molar-refractivity contribution in [2.24, 2.45) is 4.99 Å². The Kier molecular flexibility index (Phi) is 8.01. The average molecular weight is 511 g/mol. The van der Waals surface area contributed by atoms with Crippen LogP contribution in [0, 0.1) is 11.8 Å². The third kappa shape index (κ3) is 6.04. The zero-order valence-corrected chi connectivity index (χ0v) is 21.3. The molecule has 1 aliphatic heterocycles. The smallest absolute Gasteiger partial charge is 0.296 e. The predicted octanol–water partition coefficient (Wildman–Crippen LogP) is 5.30. The summed E-state index contributed by atoms with van der Waals surface area (Å²) in [5, 5.41) is 14.2. The number of hydrogen-bond donors (Lipinski definition) is 3. The summed E-state index contributed by atoms with van der Waals surface area (Å²) >= 11 is 0. The number of nitrogens with one attached hydrogen (secondary N) is 2. The molecule has 1 aromatic heterocycles. The Morgan fingerprint density at radius 2 is 1.95 bits per heavy atom. The summed E-state index contributed by atoms with van der Waals surface area (Å²) in [6.45, 7) is 2.57. The van der Waals surface area contributed by atoms with E-state index in [9.17, 15) is 14.3 Å². The van der Waals surface area contributed by atoms with Crippen LogP contribution in [0.1, 0.15) is 42.4 Å². The molecule has 0 bridgehead atoms. The highest BCUT2D eigenvalue weighted by Gasteiger charge is 2.20. The van der Waals surface area contributed by atoms with Crippen molar-refractivity contribution < 1.29 is 14.3 Å². The second kappa shape index (κ2) is 11.9. The number of benzene rings is 2. The highest BCUT2D eigenvalue weighted by Crippen LogP contribution is 2.33. The minimum atomic E-state index is -0.637. The lowest BCUT2D eigenvalue weighted by atomic mass is 9.96. The van der Waals surface area contributed by atoms with E-state index in [-0.39, 0.29) is 12.4 Å². The Hall–Kier alpha value is -4.15. The van der Waals surface area contributed by atoms with Crippen molar-refractivity contribution in [3.63, 3.8) is 0 Å². The Morgan fingerprint density at radius 1 is 1.13 bits per heavy atom. The van der Waals surface area contributed by atoms with Crippen LogP contribution in [-0.4, -0.2) is 52.9 Å². The Labute approximate surface area is 222 Å². The number of H-pyrrole nitrogens is 1. The summed E-state index contributed by atoms with van der Waals surface area (Å²) < 4.78 is 12.3. The maximum atomic E-state index is 12.3. The fourth-order valence-corrected chi connectivity index (χ4v) is 4.89. The first-order chi connectivity index (χ1) is 18.6. The van der Waals surface area contributed by atoms with Crippen molar-refractivity contribution in [2.45, 2.75) is 32.2 Å². The van der Waals surface area contributed by atoms with Crippen LogP contribution in [0.15, 0.2) is 71.3 Å². The molecule has 0 radical (unpaired) electrons. The highest BCUT2D eigenvalue weighted by molar-refractivity contribution is 6.23. The van der Waals surface area contributed by atoms with Crippen molar-refractivity contribution in [3.8, 4) is 17.7 Å². The van der Waals surface area contributed by atoms with Gasteiger partial charge in [-0.15, -0.1) is 0 Å². The molecule has 1 amide bonds. The van der Waals surface area contributed by atoms with E-state index in [0.29, 0.717) is 22.4 Å². The van der Waals surface area contributed by atoms with Gasteiger partial charge in [0.2, 0.25) is 0 Å². The van der Waals surface area contributed by atoms with Crippen LogP contribution in [0.4, 0.5) is 10.1 Å². The van der Waals surface area contributed by atoms with Crippen molar-refractivity contribution >= 4 is 28.2 Å². The number of alkyl halides is 1. The number of likely N-dealkylation sites (tertiary alicyclic amines) is 1. The van der Waals surface area contributed by atoms with E-state index in [2.05, 4.69) is 57.4 Å². The molecule has 7 heteroatoms. The van der Waals surface area contributed by atoms with Gasteiger partial charge in [0.1, 0.15) is 6.67 Å². The lowest BCUT2D eigenvalue weighted by Gasteiger charge is -2.15. The van der Waals surface area contributed by atoms with Gasteiger partial charge in [0.15, 0.2) is 5.88 Å². The SMILES string of the molecule is O=C(C#Cc1ccc2c(C(=Nc3ccc(CN4CCCC4)cc3)C3=CCCC=C3)c(O)[nH]c2c1)NCCF. The number of rotatable bonds is 7. The van der Waals surface area contributed by atoms with E-state index in [0.717, 1.165) is 49.1 Å². The standard InChI is InChI=1S/C31H31FN4O2/c32-16-17-33-28(37)15-11-22-10-14-26-27(20-22)35-31(38)29(26)30(24-6-2-1-3-7-24)34-25-12-8-23(9-13-25)21-36-18-4-5-19-36/h2,6-10,12-14,20,35,38H,1,3-5,16-19,21H2,(H,33,37). The fraction of sp³-hybridized carbons (Fsp3) is 0.290. The normalized spacial score (nSPS) is 15.8. The molecule has 0 saturated carbocycles. The second-order valence-corrected chi connectivity index (χ2v) is 9.55. The van der Waals surface area contributed by atoms with Gasteiger partial charge in [-0.25, -0.2) is 9.38 Å². The van der Waals surface area contributed by atoms with E-state index in [1.54, 1.807) is 12.1 Å². The topological polar surface area (TPSA) is 80.7 Å². The first-order valence-corrected chi connectivity index (χ1v) is 13.1. The van der Waals surface area contributed by atoms with Crippen molar-refractivity contribution in [3.05, 3.63) is 83.0 Å². The van der Waals surface area contributed by atoms with Crippen LogP contribution in [0.2, 0.25) is 0 Å². The molecule has 6 nitrogen and oxygen atoms in total. The van der Waals surface area contributed by atoms with Gasteiger partial charge in [-0.3, -0.25) is 9.69 Å². The Bertz CT molecular complexity index is 1470. The zero-order chi connectivity index (χ0) is 26.3. The summed E-state index contributed by atoms with van der Waals surface area (Å²) in [4.78, 5) is 22.2. The van der Waals surface area contributed by atoms with Crippen LogP contribution >= 0.6 is 0 Å². The lowest BCUT2D eigenvalue weighted by Crippen LogP contribution is -2.23. The van der Waals surface area contributed by atoms with Crippen LogP contribution in [0.25, 0.3) is 10.9 Å². The molecule has 0 spiro atoms. The number of fused-ring (bicyclic) bond motifs is 1. The molecule has 5 rings (SSSR count). The van der Waals surface area contributed by atoms with Gasteiger partial charge in [0.05, 0.1) is 22.5 Å². The molecule has 3 aromatic rings. The molecule has 2 aliphatic rings. The summed E-state index contributed by atoms with van der Waals surface area (Å²) in [6.07, 6.45) is 10.7. The Morgan fingerprint density at radius 3 is 2.68 bits per heavy atom. The summed E-state index contributed by atoms with van der Waals surface area (Å²) in [5.41, 5.74) is 5.65. The third-order valence-electron chi connectivity index (χ3n) is 6.77. The van der Waals surface area contributed by atoms with Gasteiger partial charge < -0.3 is 15.4 Å². The maximum absolute atomic E-state index is 12.3. The van der Waals surface area contributed by atoms with Gasteiger partial charge >= 0.3 is 0 Å². The number of aromatic amines is 1. The van der Waals surface area contributed by atoms with Crippen LogP contribution in [-0.2, 0) is 11.3 Å². The third-order valence-corrected chi connectivity index (χ3v) is 6.77. The number of aromatic nitrogens is 1. The minimum absolute atomic E-state index is 0.0232. The van der Waals surface area contributed by atoms with E-state index >= 15 is 0 Å². The zero-order valence-electron chi connectivity index (χ0n) is 21.3. The van der Waals surface area contributed by atoms with Crippen LogP contribution < -0.4 is 5.32 Å². The van der Waals surface area contributed by atoms with Crippen molar-refractivity contribution in [1.82, 2.24) is 15.2 Å². The number of carbonyl (C=O) groups is 1. The summed E-state index contributed by atoms with van der Waals surface area (Å²) in [6, 6.07) is 13.8. The predicted molar refractivity (Wildman–Crippen MR) is 149 cm³/mol. The molecule has 1 fully saturated rings. The largest absolute Gasteiger partial charge is 0.494 e. The number of allylic oxidation sites excluding steroid dienone is 4. The minimum Gasteiger partial charge on any atom is -0.494 e. The van der Waals surface area contributed by atoms with Gasteiger partial charge in [-0.1, -0.05) is 42.3 Å². The average Bonchev–Trinajstić information content (AvgIpc) is 3.57. The summed E-state index contributed by atoms with van der Waals surface area (Å²) in [7, 11) is 0. The van der Waals surface area contributed by atoms with E-state index in [1.165, 1.54) is 18.4 Å². The number of halogens is 1. The monoisotopic (exact) mass is 510 g/mol. The number of carbonyl (C=O) groups excluding carboxylic acids is 1. The number of amides is 1. The summed E-state index contributed by atoms with van der Waals surface area (Å²) in [5.74, 6) is 4.75. The van der Waals surface area contributed by atoms with Crippen molar-refractivity contribution in [2.75, 3.05) is 26.3 Å². The van der Waals surface area contributed by atoms with Gasteiger partial charge in [0, 0.05) is 30.0 Å².